The molecule has 0 aliphatic heterocycles. The summed E-state index contributed by atoms with van der Waals surface area (Å²) in [5, 5.41) is 0. The Morgan fingerprint density at radius 1 is 1.11 bits per heavy atom. The molecule has 0 saturated carbocycles. The monoisotopic (exact) mass is 258 g/mol. The lowest BCUT2D eigenvalue weighted by molar-refractivity contribution is -0.120. The van der Waals surface area contributed by atoms with Gasteiger partial charge in [0.15, 0.2) is 11.6 Å². The second-order valence-corrected chi connectivity index (χ2v) is 4.85. The van der Waals surface area contributed by atoms with E-state index in [2.05, 4.69) is 0 Å². The SMILES string of the molecule is O=C(Cc1ccc(F)c(F)c1)C1Cc2ccccc21. The highest BCUT2D eigenvalue weighted by atomic mass is 19.2. The van der Waals surface area contributed by atoms with Gasteiger partial charge in [-0.15, -0.1) is 0 Å². The molecule has 2 aromatic carbocycles. The number of ketones is 1. The number of rotatable bonds is 3. The molecule has 3 heteroatoms. The van der Waals surface area contributed by atoms with Crippen LogP contribution in [-0.2, 0) is 17.6 Å². The second kappa shape index (κ2) is 4.57. The number of fused-ring (bicyclic) bond motifs is 1. The molecule has 0 spiro atoms. The van der Waals surface area contributed by atoms with Gasteiger partial charge < -0.3 is 0 Å². The lowest BCUT2D eigenvalue weighted by atomic mass is 9.74. The van der Waals surface area contributed by atoms with Crippen LogP contribution in [0.15, 0.2) is 42.5 Å². The highest BCUT2D eigenvalue weighted by Crippen LogP contribution is 2.36. The minimum absolute atomic E-state index is 0.0599. The molecule has 3 rings (SSSR count). The first-order valence-corrected chi connectivity index (χ1v) is 6.19. The summed E-state index contributed by atoms with van der Waals surface area (Å²) >= 11 is 0. The summed E-state index contributed by atoms with van der Waals surface area (Å²) in [4.78, 5) is 12.1. The number of Topliss-reactive ketones (excluding diaryl/α,β-unsaturated/α-hetero) is 1. The molecule has 0 radical (unpaired) electrons. The molecule has 0 heterocycles. The van der Waals surface area contributed by atoms with E-state index >= 15 is 0 Å². The third kappa shape index (κ3) is 2.16. The number of hydrogen-bond donors (Lipinski definition) is 0. The molecule has 1 aliphatic rings. The number of carbonyl (C=O) groups is 1. The maximum atomic E-state index is 13.1. The van der Waals surface area contributed by atoms with Crippen LogP contribution >= 0.6 is 0 Å². The minimum Gasteiger partial charge on any atom is -0.299 e. The van der Waals surface area contributed by atoms with Crippen LogP contribution in [0.5, 0.6) is 0 Å². The Balaban J connectivity index is 1.75. The first kappa shape index (κ1) is 12.0. The number of halogens is 2. The third-order valence-electron chi connectivity index (χ3n) is 3.61. The van der Waals surface area contributed by atoms with Crippen LogP contribution in [0.1, 0.15) is 22.6 Å². The van der Waals surface area contributed by atoms with Gasteiger partial charge in [0, 0.05) is 12.3 Å². The molecule has 1 aliphatic carbocycles. The van der Waals surface area contributed by atoms with Crippen molar-refractivity contribution in [1.29, 1.82) is 0 Å². The smallest absolute Gasteiger partial charge is 0.159 e. The van der Waals surface area contributed by atoms with Gasteiger partial charge in [-0.1, -0.05) is 30.3 Å². The Morgan fingerprint density at radius 3 is 2.63 bits per heavy atom. The normalized spacial score (nSPS) is 16.6. The van der Waals surface area contributed by atoms with Gasteiger partial charge in [-0.2, -0.15) is 0 Å². The van der Waals surface area contributed by atoms with E-state index < -0.39 is 11.6 Å². The predicted octanol–water partition coefficient (Wildman–Crippen LogP) is 3.42. The Hall–Kier alpha value is -2.03. The molecule has 2 aromatic rings. The van der Waals surface area contributed by atoms with Gasteiger partial charge in [-0.25, -0.2) is 8.78 Å². The zero-order valence-electron chi connectivity index (χ0n) is 10.2. The molecule has 1 atom stereocenters. The van der Waals surface area contributed by atoms with Crippen LogP contribution in [0.25, 0.3) is 0 Å². The Morgan fingerprint density at radius 2 is 1.89 bits per heavy atom. The zero-order valence-corrected chi connectivity index (χ0v) is 10.2. The van der Waals surface area contributed by atoms with E-state index in [-0.39, 0.29) is 18.1 Å². The van der Waals surface area contributed by atoms with Gasteiger partial charge in [-0.3, -0.25) is 4.79 Å². The molecule has 19 heavy (non-hydrogen) atoms. The van der Waals surface area contributed by atoms with Gasteiger partial charge in [-0.05, 0) is 35.2 Å². The molecule has 0 N–H and O–H groups in total. The molecule has 1 unspecified atom stereocenters. The molecule has 0 amide bonds. The van der Waals surface area contributed by atoms with Crippen LogP contribution in [0.2, 0.25) is 0 Å². The molecule has 0 fully saturated rings. The minimum atomic E-state index is -0.903. The lowest BCUT2D eigenvalue weighted by Crippen LogP contribution is -2.26. The quantitative estimate of drug-likeness (QED) is 0.824. The van der Waals surface area contributed by atoms with Gasteiger partial charge >= 0.3 is 0 Å². The Kier molecular flexibility index (Phi) is 2.90. The summed E-state index contributed by atoms with van der Waals surface area (Å²) in [6, 6.07) is 11.4. The molecule has 0 bridgehead atoms. The van der Waals surface area contributed by atoms with E-state index in [0.29, 0.717) is 5.56 Å². The van der Waals surface area contributed by atoms with Crippen LogP contribution in [0, 0.1) is 11.6 Å². The number of benzene rings is 2. The van der Waals surface area contributed by atoms with E-state index in [1.807, 2.05) is 24.3 Å². The standard InChI is InChI=1S/C16H12F2O/c17-14-6-5-10(7-15(14)18)8-16(19)13-9-11-3-1-2-4-12(11)13/h1-7,13H,8-9H2. The first-order chi connectivity index (χ1) is 9.15. The van der Waals surface area contributed by atoms with E-state index in [4.69, 9.17) is 0 Å². The van der Waals surface area contributed by atoms with Crippen LogP contribution < -0.4 is 0 Å². The van der Waals surface area contributed by atoms with Crippen molar-refractivity contribution in [3.63, 3.8) is 0 Å². The third-order valence-corrected chi connectivity index (χ3v) is 3.61. The lowest BCUT2D eigenvalue weighted by Gasteiger charge is -2.28. The summed E-state index contributed by atoms with van der Waals surface area (Å²) < 4.78 is 25.9. The summed E-state index contributed by atoms with van der Waals surface area (Å²) in [6.07, 6.45) is 0.898. The molecule has 96 valence electrons. The fourth-order valence-electron chi connectivity index (χ4n) is 2.52. The average molecular weight is 258 g/mol. The van der Waals surface area contributed by atoms with Crippen LogP contribution in [0.4, 0.5) is 8.78 Å². The van der Waals surface area contributed by atoms with Gasteiger partial charge in [0.05, 0.1) is 0 Å². The van der Waals surface area contributed by atoms with Gasteiger partial charge in [0.1, 0.15) is 5.78 Å². The average Bonchev–Trinajstić information content (AvgIpc) is 2.35. The van der Waals surface area contributed by atoms with Crippen molar-refractivity contribution in [3.05, 3.63) is 70.8 Å². The topological polar surface area (TPSA) is 17.1 Å². The van der Waals surface area contributed by atoms with E-state index in [1.54, 1.807) is 0 Å². The highest BCUT2D eigenvalue weighted by Gasteiger charge is 2.31. The molecular weight excluding hydrogens is 246 g/mol. The summed E-state index contributed by atoms with van der Waals surface area (Å²) in [7, 11) is 0. The predicted molar refractivity (Wildman–Crippen MR) is 68.0 cm³/mol. The van der Waals surface area contributed by atoms with E-state index in [1.165, 1.54) is 11.6 Å². The van der Waals surface area contributed by atoms with Crippen molar-refractivity contribution >= 4 is 5.78 Å². The van der Waals surface area contributed by atoms with Crippen molar-refractivity contribution in [2.45, 2.75) is 18.8 Å². The number of hydrogen-bond acceptors (Lipinski definition) is 1. The molecular formula is C16H12F2O. The van der Waals surface area contributed by atoms with Gasteiger partial charge in [0.2, 0.25) is 0 Å². The fraction of sp³-hybridized carbons (Fsp3) is 0.188. The van der Waals surface area contributed by atoms with Crippen LogP contribution in [0.3, 0.4) is 0 Å². The Labute approximate surface area is 109 Å². The van der Waals surface area contributed by atoms with E-state index in [9.17, 15) is 13.6 Å². The Bertz CT molecular complexity index is 649. The zero-order chi connectivity index (χ0) is 13.4. The molecule has 1 nitrogen and oxygen atoms in total. The molecule has 0 saturated heterocycles. The molecule has 0 aromatic heterocycles. The van der Waals surface area contributed by atoms with Crippen molar-refractivity contribution in [1.82, 2.24) is 0 Å². The summed E-state index contributed by atoms with van der Waals surface area (Å²) in [5.41, 5.74) is 2.79. The second-order valence-electron chi connectivity index (χ2n) is 4.85. The van der Waals surface area contributed by atoms with Crippen molar-refractivity contribution in [2.75, 3.05) is 0 Å². The highest BCUT2D eigenvalue weighted by molar-refractivity contribution is 5.90. The maximum Gasteiger partial charge on any atom is 0.159 e. The summed E-state index contributed by atoms with van der Waals surface area (Å²) in [5.74, 6) is -1.82. The van der Waals surface area contributed by atoms with Crippen molar-refractivity contribution in [3.8, 4) is 0 Å². The number of carbonyl (C=O) groups excluding carboxylic acids is 1. The van der Waals surface area contributed by atoms with E-state index in [0.717, 1.165) is 24.1 Å². The maximum absolute atomic E-state index is 13.1. The van der Waals surface area contributed by atoms with Crippen LogP contribution in [-0.4, -0.2) is 5.78 Å². The fourth-order valence-corrected chi connectivity index (χ4v) is 2.52. The summed E-state index contributed by atoms with van der Waals surface area (Å²) in [6.45, 7) is 0. The van der Waals surface area contributed by atoms with Gasteiger partial charge in [0.25, 0.3) is 0 Å². The van der Waals surface area contributed by atoms with Crippen molar-refractivity contribution < 1.29 is 13.6 Å². The first-order valence-electron chi connectivity index (χ1n) is 6.19. The van der Waals surface area contributed by atoms with Crippen molar-refractivity contribution in [2.24, 2.45) is 0 Å². The largest absolute Gasteiger partial charge is 0.299 e.